The molecule has 1 aromatic heterocycles. The molecule has 3 unspecified atom stereocenters. The van der Waals surface area contributed by atoms with E-state index in [0.29, 0.717) is 21.5 Å². The smallest absolute Gasteiger partial charge is 0.414 e. The number of allylic oxidation sites excluding steroid dienone is 1. The first kappa shape index (κ1) is 23.5. The van der Waals surface area contributed by atoms with Crippen molar-refractivity contribution >= 4 is 40.8 Å². The van der Waals surface area contributed by atoms with Crippen molar-refractivity contribution in [1.82, 2.24) is 20.4 Å². The molecule has 2 fully saturated rings. The Morgan fingerprint density at radius 3 is 2.76 bits per heavy atom. The fourth-order valence-corrected chi connectivity index (χ4v) is 5.28. The standard InChI is InChI=1S/C23H27ClN4O4S/c1-2-21(29)26-17-12-15(6-7-18(17)27-10-4-3-5-11-27)28-14-16(32-23(28)31)13-25-22(30)19-8-9-20(24)33-19/h2,6-9,12,16-18H,1,3-5,10-11,13-14H2,(H,25,30)(H,26,29). The predicted molar refractivity (Wildman–Crippen MR) is 127 cm³/mol. The maximum Gasteiger partial charge on any atom is 0.414 e. The van der Waals surface area contributed by atoms with E-state index in [2.05, 4.69) is 22.1 Å². The molecule has 176 valence electrons. The minimum atomic E-state index is -0.479. The van der Waals surface area contributed by atoms with Crippen LogP contribution in [0.25, 0.3) is 0 Å². The minimum Gasteiger partial charge on any atom is -0.442 e. The number of piperidine rings is 1. The molecule has 3 atom stereocenters. The number of likely N-dealkylation sites (tertiary alicyclic amines) is 1. The molecule has 1 aromatic rings. The number of halogens is 1. The van der Waals surface area contributed by atoms with Crippen molar-refractivity contribution in [2.24, 2.45) is 0 Å². The molecule has 2 N–H and O–H groups in total. The Balaban J connectivity index is 1.40. The molecule has 1 aliphatic carbocycles. The summed E-state index contributed by atoms with van der Waals surface area (Å²) in [6.07, 6.45) is 9.62. The van der Waals surface area contributed by atoms with Crippen LogP contribution in [0, 0.1) is 0 Å². The molecule has 4 rings (SSSR count). The molecule has 3 amide bonds. The Labute approximate surface area is 201 Å². The number of carbonyl (C=O) groups excluding carboxylic acids is 3. The van der Waals surface area contributed by atoms with Crippen LogP contribution in [0.5, 0.6) is 0 Å². The molecule has 0 saturated carbocycles. The van der Waals surface area contributed by atoms with Crippen molar-refractivity contribution in [1.29, 1.82) is 0 Å². The van der Waals surface area contributed by atoms with Crippen LogP contribution < -0.4 is 10.6 Å². The van der Waals surface area contributed by atoms with Gasteiger partial charge < -0.3 is 15.4 Å². The lowest BCUT2D eigenvalue weighted by Crippen LogP contribution is -2.52. The van der Waals surface area contributed by atoms with Crippen molar-refractivity contribution in [3.63, 3.8) is 0 Å². The first-order chi connectivity index (χ1) is 15.9. The lowest BCUT2D eigenvalue weighted by atomic mass is 9.96. The summed E-state index contributed by atoms with van der Waals surface area (Å²) in [6.45, 7) is 6.00. The van der Waals surface area contributed by atoms with Crippen LogP contribution >= 0.6 is 22.9 Å². The van der Waals surface area contributed by atoms with Gasteiger partial charge in [0.1, 0.15) is 6.10 Å². The number of nitrogens with one attached hydrogen (secondary N) is 2. The van der Waals surface area contributed by atoms with Gasteiger partial charge >= 0.3 is 6.09 Å². The second-order valence-corrected chi connectivity index (χ2v) is 9.92. The summed E-state index contributed by atoms with van der Waals surface area (Å²) < 4.78 is 6.00. The summed E-state index contributed by atoms with van der Waals surface area (Å²) in [5, 5.41) is 5.77. The van der Waals surface area contributed by atoms with E-state index in [1.54, 1.807) is 12.1 Å². The van der Waals surface area contributed by atoms with Gasteiger partial charge in [-0.25, -0.2) is 4.79 Å². The number of ether oxygens (including phenoxy) is 1. The lowest BCUT2D eigenvalue weighted by molar-refractivity contribution is -0.117. The number of amides is 3. The van der Waals surface area contributed by atoms with E-state index in [-0.39, 0.29) is 30.4 Å². The molecule has 0 radical (unpaired) electrons. The summed E-state index contributed by atoms with van der Waals surface area (Å²) in [5.41, 5.74) is 0.668. The van der Waals surface area contributed by atoms with Crippen molar-refractivity contribution in [2.45, 2.75) is 37.5 Å². The monoisotopic (exact) mass is 490 g/mol. The summed E-state index contributed by atoms with van der Waals surface area (Å²) in [5.74, 6) is -0.513. The lowest BCUT2D eigenvalue weighted by Gasteiger charge is -2.38. The van der Waals surface area contributed by atoms with E-state index in [1.807, 2.05) is 18.2 Å². The topological polar surface area (TPSA) is 91.0 Å². The van der Waals surface area contributed by atoms with Gasteiger partial charge in [0.2, 0.25) is 5.91 Å². The second kappa shape index (κ2) is 10.5. The number of hydrogen-bond donors (Lipinski definition) is 2. The van der Waals surface area contributed by atoms with Crippen LogP contribution in [-0.2, 0) is 9.53 Å². The Morgan fingerprint density at radius 2 is 2.06 bits per heavy atom. The van der Waals surface area contributed by atoms with Gasteiger partial charge in [0.25, 0.3) is 5.91 Å². The molecule has 0 spiro atoms. The zero-order chi connectivity index (χ0) is 23.4. The summed E-state index contributed by atoms with van der Waals surface area (Å²) >= 11 is 7.08. The fraction of sp³-hybridized carbons (Fsp3) is 0.435. The van der Waals surface area contributed by atoms with Crippen LogP contribution in [0.1, 0.15) is 28.9 Å². The van der Waals surface area contributed by atoms with E-state index in [4.69, 9.17) is 16.3 Å². The Morgan fingerprint density at radius 1 is 1.27 bits per heavy atom. The van der Waals surface area contributed by atoms with E-state index in [0.717, 1.165) is 25.9 Å². The number of cyclic esters (lactones) is 1. The third kappa shape index (κ3) is 5.66. The largest absolute Gasteiger partial charge is 0.442 e. The minimum absolute atomic E-state index is 0.0179. The zero-order valence-electron chi connectivity index (χ0n) is 18.2. The first-order valence-electron chi connectivity index (χ1n) is 11.0. The third-order valence-electron chi connectivity index (χ3n) is 5.96. The average molecular weight is 491 g/mol. The highest BCUT2D eigenvalue weighted by Gasteiger charge is 2.36. The maximum atomic E-state index is 12.6. The van der Waals surface area contributed by atoms with Crippen molar-refractivity contribution in [3.8, 4) is 0 Å². The summed E-state index contributed by atoms with van der Waals surface area (Å²) in [6, 6.07) is 3.05. The first-order valence-corrected chi connectivity index (χ1v) is 12.2. The Kier molecular flexibility index (Phi) is 7.52. The van der Waals surface area contributed by atoms with Crippen LogP contribution in [0.2, 0.25) is 4.34 Å². The quantitative estimate of drug-likeness (QED) is 0.573. The molecule has 0 bridgehead atoms. The van der Waals surface area contributed by atoms with Crippen LogP contribution in [0.4, 0.5) is 4.79 Å². The Hall–Kier alpha value is -2.62. The highest BCUT2D eigenvalue weighted by molar-refractivity contribution is 7.18. The van der Waals surface area contributed by atoms with Crippen molar-refractivity contribution in [2.75, 3.05) is 26.2 Å². The van der Waals surface area contributed by atoms with Gasteiger partial charge in [0.15, 0.2) is 0 Å². The Bertz CT molecular complexity index is 985. The number of rotatable bonds is 7. The fourth-order valence-electron chi connectivity index (χ4n) is 4.32. The zero-order valence-corrected chi connectivity index (χ0v) is 19.7. The number of thiophene rings is 1. The molecule has 3 heterocycles. The van der Waals surface area contributed by atoms with Gasteiger partial charge in [-0.2, -0.15) is 0 Å². The maximum absolute atomic E-state index is 12.6. The summed E-state index contributed by atoms with van der Waals surface area (Å²) in [4.78, 5) is 41.3. The number of hydrogen-bond acceptors (Lipinski definition) is 6. The van der Waals surface area contributed by atoms with E-state index in [9.17, 15) is 14.4 Å². The van der Waals surface area contributed by atoms with Gasteiger partial charge in [-0.3, -0.25) is 19.4 Å². The average Bonchev–Trinajstić information content (AvgIpc) is 3.43. The predicted octanol–water partition coefficient (Wildman–Crippen LogP) is 2.93. The molecular weight excluding hydrogens is 464 g/mol. The number of carbonyl (C=O) groups is 3. The van der Waals surface area contributed by atoms with Crippen LogP contribution in [-0.4, -0.2) is 72.1 Å². The third-order valence-corrected chi connectivity index (χ3v) is 7.19. The molecule has 2 saturated heterocycles. The van der Waals surface area contributed by atoms with Crippen molar-refractivity contribution < 1.29 is 19.1 Å². The molecular formula is C23H27ClN4O4S. The molecule has 10 heteroatoms. The molecule has 8 nitrogen and oxygen atoms in total. The highest BCUT2D eigenvalue weighted by atomic mass is 35.5. The van der Waals surface area contributed by atoms with E-state index < -0.39 is 12.2 Å². The van der Waals surface area contributed by atoms with Crippen LogP contribution in [0.3, 0.4) is 0 Å². The van der Waals surface area contributed by atoms with Gasteiger partial charge in [-0.1, -0.05) is 30.7 Å². The molecule has 33 heavy (non-hydrogen) atoms. The van der Waals surface area contributed by atoms with E-state index >= 15 is 0 Å². The normalized spacial score (nSPS) is 25.4. The number of nitrogens with zero attached hydrogens (tertiary/aromatic N) is 2. The summed E-state index contributed by atoms with van der Waals surface area (Å²) in [7, 11) is 0. The second-order valence-electron chi connectivity index (χ2n) is 8.21. The molecule has 0 aromatic carbocycles. The SMILES string of the molecule is C=CC(=O)NC1C=C(N2CC(CNC(=O)c3ccc(Cl)s3)OC2=O)C=CC1N1CCCCC1. The highest BCUT2D eigenvalue weighted by Crippen LogP contribution is 2.26. The van der Waals surface area contributed by atoms with Gasteiger partial charge in [-0.15, -0.1) is 11.3 Å². The van der Waals surface area contributed by atoms with E-state index in [1.165, 1.54) is 28.7 Å². The van der Waals surface area contributed by atoms with Crippen LogP contribution in [0.15, 0.2) is 48.7 Å². The van der Waals surface area contributed by atoms with Crippen molar-refractivity contribution in [3.05, 3.63) is 57.9 Å². The molecule has 2 aliphatic heterocycles. The van der Waals surface area contributed by atoms with Gasteiger partial charge in [0, 0.05) is 5.70 Å². The van der Waals surface area contributed by atoms with Gasteiger partial charge in [0.05, 0.1) is 34.4 Å². The van der Waals surface area contributed by atoms with Gasteiger partial charge in [-0.05, 0) is 56.3 Å². The molecule has 3 aliphatic rings.